The molecule has 0 aliphatic rings. The van der Waals surface area contributed by atoms with E-state index < -0.39 is 5.82 Å². The number of hydrogen-bond acceptors (Lipinski definition) is 3. The maximum Gasteiger partial charge on any atom is 0.227 e. The van der Waals surface area contributed by atoms with Gasteiger partial charge in [0.25, 0.3) is 0 Å². The first-order valence-corrected chi connectivity index (χ1v) is 6.42. The molecule has 0 amide bonds. The summed E-state index contributed by atoms with van der Waals surface area (Å²) in [6, 6.07) is 2.53. The van der Waals surface area contributed by atoms with Crippen molar-refractivity contribution >= 4 is 55.1 Å². The molecule has 0 unspecified atom stereocenters. The van der Waals surface area contributed by atoms with E-state index in [-0.39, 0.29) is 5.02 Å². The second-order valence-electron chi connectivity index (χ2n) is 3.09. The summed E-state index contributed by atoms with van der Waals surface area (Å²) in [6.07, 6.45) is 3.20. The highest BCUT2D eigenvalue weighted by molar-refractivity contribution is 9.10. The van der Waals surface area contributed by atoms with Crippen LogP contribution in [0.25, 0.3) is 0 Å². The fourth-order valence-electron chi connectivity index (χ4n) is 1.15. The van der Waals surface area contributed by atoms with Crippen molar-refractivity contribution in [2.75, 3.05) is 5.32 Å². The summed E-state index contributed by atoms with van der Waals surface area (Å²) in [5, 5.41) is 3.16. The fraction of sp³-hybridized carbons (Fsp3) is 0. The molecule has 3 nitrogen and oxygen atoms in total. The lowest BCUT2D eigenvalue weighted by Crippen LogP contribution is -1.98. The first-order valence-electron chi connectivity index (χ1n) is 4.45. The molecule has 0 saturated carbocycles. The lowest BCUT2D eigenvalue weighted by atomic mass is 10.3. The molecule has 1 N–H and O–H groups in total. The van der Waals surface area contributed by atoms with Crippen LogP contribution in [0.5, 0.6) is 0 Å². The van der Waals surface area contributed by atoms with Crippen LogP contribution in [0, 0.1) is 5.82 Å². The predicted molar refractivity (Wildman–Crippen MR) is 72.1 cm³/mol. The van der Waals surface area contributed by atoms with Gasteiger partial charge in [-0.2, -0.15) is 0 Å². The topological polar surface area (TPSA) is 37.8 Å². The lowest BCUT2D eigenvalue weighted by Gasteiger charge is -2.09. The van der Waals surface area contributed by atoms with Gasteiger partial charge in [0.1, 0.15) is 5.82 Å². The smallest absolute Gasteiger partial charge is 0.227 e. The van der Waals surface area contributed by atoms with Gasteiger partial charge in [0.05, 0.1) is 15.2 Å². The minimum atomic E-state index is -0.413. The van der Waals surface area contributed by atoms with E-state index >= 15 is 0 Å². The van der Waals surface area contributed by atoms with Crippen LogP contribution in [0.2, 0.25) is 5.02 Å². The van der Waals surface area contributed by atoms with Crippen LogP contribution in [0.3, 0.4) is 0 Å². The van der Waals surface area contributed by atoms with Crippen molar-refractivity contribution in [3.63, 3.8) is 0 Å². The average Bonchev–Trinajstić information content (AvgIpc) is 2.26. The van der Waals surface area contributed by atoms with Crippen molar-refractivity contribution in [2.24, 2.45) is 0 Å². The molecule has 0 atom stereocenters. The summed E-state index contributed by atoms with van der Waals surface area (Å²) in [5.41, 5.74) is 0.524. The maximum absolute atomic E-state index is 13.0. The molecule has 1 aromatic heterocycles. The zero-order valence-corrected chi connectivity index (χ0v) is 12.1. The second kappa shape index (κ2) is 5.29. The minimum Gasteiger partial charge on any atom is -0.322 e. The fourth-order valence-corrected chi connectivity index (χ4v) is 2.25. The third-order valence-corrected chi connectivity index (χ3v) is 3.20. The zero-order chi connectivity index (χ0) is 12.4. The molecule has 17 heavy (non-hydrogen) atoms. The number of hydrogen-bond donors (Lipinski definition) is 1. The third kappa shape index (κ3) is 3.14. The number of nitrogens with zero attached hydrogens (tertiary/aromatic N) is 2. The number of benzene rings is 1. The molecular weight excluding hydrogens is 376 g/mol. The highest BCUT2D eigenvalue weighted by Crippen LogP contribution is 2.33. The van der Waals surface area contributed by atoms with Gasteiger partial charge in [-0.25, -0.2) is 14.4 Å². The molecule has 1 heterocycles. The molecular formula is C10H5Br2ClFN3. The molecule has 0 aliphatic carbocycles. The Hall–Kier alpha value is -0.720. The predicted octanol–water partition coefficient (Wildman–Crippen LogP) is 4.54. The molecule has 0 spiro atoms. The molecule has 88 valence electrons. The molecule has 0 bridgehead atoms. The number of nitrogens with one attached hydrogen (secondary N) is 1. The molecule has 0 fully saturated rings. The van der Waals surface area contributed by atoms with E-state index in [0.29, 0.717) is 16.1 Å². The van der Waals surface area contributed by atoms with Gasteiger partial charge < -0.3 is 5.32 Å². The summed E-state index contributed by atoms with van der Waals surface area (Å²) < 4.78 is 14.3. The van der Waals surface area contributed by atoms with Crippen LogP contribution >= 0.6 is 43.5 Å². The average molecular weight is 381 g/mol. The van der Waals surface area contributed by atoms with Crippen molar-refractivity contribution in [3.8, 4) is 0 Å². The van der Waals surface area contributed by atoms with Gasteiger partial charge in [-0.1, -0.05) is 11.6 Å². The minimum absolute atomic E-state index is 0.253. The second-order valence-corrected chi connectivity index (χ2v) is 5.27. The third-order valence-electron chi connectivity index (χ3n) is 1.86. The summed E-state index contributed by atoms with van der Waals surface area (Å²) >= 11 is 12.4. The molecule has 0 radical (unpaired) electrons. The van der Waals surface area contributed by atoms with Crippen molar-refractivity contribution < 1.29 is 4.39 Å². The van der Waals surface area contributed by atoms with Crippen molar-refractivity contribution in [3.05, 3.63) is 44.3 Å². The summed E-state index contributed by atoms with van der Waals surface area (Å²) in [6.45, 7) is 0. The highest BCUT2D eigenvalue weighted by atomic mass is 79.9. The molecule has 0 saturated heterocycles. The van der Waals surface area contributed by atoms with Gasteiger partial charge in [0.2, 0.25) is 5.95 Å². The Morgan fingerprint density at radius 3 is 2.41 bits per heavy atom. The standard InChI is InChI=1S/C10H5Br2ClFN3/c11-5-3-15-10(16-4-5)17-9-7(12)1-6(14)2-8(9)13/h1-4H,(H,15,16,17). The monoisotopic (exact) mass is 379 g/mol. The van der Waals surface area contributed by atoms with E-state index in [1.165, 1.54) is 12.1 Å². The number of anilines is 2. The van der Waals surface area contributed by atoms with Gasteiger partial charge in [0, 0.05) is 16.9 Å². The Morgan fingerprint density at radius 1 is 1.18 bits per heavy atom. The van der Waals surface area contributed by atoms with Crippen LogP contribution in [0.1, 0.15) is 0 Å². The van der Waals surface area contributed by atoms with Crippen LogP contribution in [0.15, 0.2) is 33.5 Å². The number of halogens is 4. The van der Waals surface area contributed by atoms with E-state index in [1.807, 2.05) is 0 Å². The molecule has 7 heteroatoms. The van der Waals surface area contributed by atoms with E-state index in [1.54, 1.807) is 12.4 Å². The summed E-state index contributed by atoms with van der Waals surface area (Å²) in [5.74, 6) is -0.0356. The van der Waals surface area contributed by atoms with Crippen molar-refractivity contribution in [1.82, 2.24) is 9.97 Å². The van der Waals surface area contributed by atoms with Crippen molar-refractivity contribution in [1.29, 1.82) is 0 Å². The molecule has 2 aromatic rings. The van der Waals surface area contributed by atoms with E-state index in [0.717, 1.165) is 4.47 Å². The largest absolute Gasteiger partial charge is 0.322 e. The first kappa shape index (κ1) is 12.7. The van der Waals surface area contributed by atoms with Gasteiger partial charge in [-0.05, 0) is 44.0 Å². The Labute approximate surface area is 119 Å². The van der Waals surface area contributed by atoms with Gasteiger partial charge in [0.15, 0.2) is 0 Å². The SMILES string of the molecule is Fc1cc(Cl)c(Nc2ncc(Br)cn2)c(Br)c1. The Bertz CT molecular complexity index is 525. The summed E-state index contributed by atoms with van der Waals surface area (Å²) in [4.78, 5) is 8.07. The Kier molecular flexibility index (Phi) is 3.96. The van der Waals surface area contributed by atoms with Crippen LogP contribution in [-0.4, -0.2) is 9.97 Å². The van der Waals surface area contributed by atoms with E-state index in [4.69, 9.17) is 11.6 Å². The summed E-state index contributed by atoms with van der Waals surface area (Å²) in [7, 11) is 0. The maximum atomic E-state index is 13.0. The van der Waals surface area contributed by atoms with E-state index in [9.17, 15) is 4.39 Å². The van der Waals surface area contributed by atoms with Crippen molar-refractivity contribution in [2.45, 2.75) is 0 Å². The normalized spacial score (nSPS) is 10.4. The highest BCUT2D eigenvalue weighted by Gasteiger charge is 2.09. The quantitative estimate of drug-likeness (QED) is 0.830. The number of aromatic nitrogens is 2. The van der Waals surface area contributed by atoms with Crippen LogP contribution in [-0.2, 0) is 0 Å². The molecule has 1 aromatic carbocycles. The Morgan fingerprint density at radius 2 is 1.82 bits per heavy atom. The van der Waals surface area contributed by atoms with Crippen LogP contribution < -0.4 is 5.32 Å². The lowest BCUT2D eigenvalue weighted by molar-refractivity contribution is 0.627. The zero-order valence-electron chi connectivity index (χ0n) is 8.22. The first-order chi connectivity index (χ1) is 8.06. The van der Waals surface area contributed by atoms with E-state index in [2.05, 4.69) is 47.1 Å². The molecule has 2 rings (SSSR count). The number of rotatable bonds is 2. The van der Waals surface area contributed by atoms with Crippen LogP contribution in [0.4, 0.5) is 16.0 Å². The van der Waals surface area contributed by atoms with Gasteiger partial charge >= 0.3 is 0 Å². The van der Waals surface area contributed by atoms with Gasteiger partial charge in [-0.15, -0.1) is 0 Å². The Balaban J connectivity index is 2.33. The van der Waals surface area contributed by atoms with Gasteiger partial charge in [-0.3, -0.25) is 0 Å². The molecule has 0 aliphatic heterocycles.